The molecule has 0 aromatic carbocycles. The third kappa shape index (κ3) is 5.26. The predicted octanol–water partition coefficient (Wildman–Crippen LogP) is 4.80. The first-order chi connectivity index (χ1) is 15.8. The van der Waals surface area contributed by atoms with Crippen LogP contribution < -0.4 is 5.06 Å². The van der Waals surface area contributed by atoms with Gasteiger partial charge in [-0.25, -0.2) is 4.98 Å². The van der Waals surface area contributed by atoms with E-state index < -0.39 is 5.60 Å². The highest BCUT2D eigenvalue weighted by atomic mass is 16.5. The Kier molecular flexibility index (Phi) is 7.42. The zero-order valence-electron chi connectivity index (χ0n) is 20.6. The van der Waals surface area contributed by atoms with Gasteiger partial charge in [-0.05, 0) is 50.7 Å². The van der Waals surface area contributed by atoms with Crippen molar-refractivity contribution in [2.75, 3.05) is 6.54 Å². The molecule has 5 nitrogen and oxygen atoms in total. The number of allylic oxidation sites excluding steroid dienone is 4. The molecule has 3 atom stereocenters. The molecule has 2 N–H and O–H groups in total. The van der Waals surface area contributed by atoms with Gasteiger partial charge in [0.25, 0.3) is 0 Å². The van der Waals surface area contributed by atoms with Crippen LogP contribution in [0, 0.1) is 18.0 Å². The Hall–Kier alpha value is -1.95. The Morgan fingerprint density at radius 2 is 2.00 bits per heavy atom. The summed E-state index contributed by atoms with van der Waals surface area (Å²) in [6, 6.07) is 4.06. The molecule has 0 saturated heterocycles. The summed E-state index contributed by atoms with van der Waals surface area (Å²) >= 11 is 0. The molecule has 4 rings (SSSR count). The molecule has 0 radical (unpaired) electrons. The molecule has 33 heavy (non-hydrogen) atoms. The van der Waals surface area contributed by atoms with Crippen molar-refractivity contribution >= 4 is 5.65 Å². The molecule has 0 bridgehead atoms. The fourth-order valence-electron chi connectivity index (χ4n) is 6.18. The van der Waals surface area contributed by atoms with E-state index in [4.69, 9.17) is 4.98 Å². The van der Waals surface area contributed by atoms with Crippen LogP contribution in [0.2, 0.25) is 0 Å². The van der Waals surface area contributed by atoms with Crippen LogP contribution in [0.5, 0.6) is 0 Å². The van der Waals surface area contributed by atoms with Crippen LogP contribution in [0.4, 0.5) is 0 Å². The first kappa shape index (κ1) is 24.2. The lowest BCUT2D eigenvalue weighted by Gasteiger charge is -2.39. The smallest absolute Gasteiger partial charge is 0.137 e. The Morgan fingerprint density at radius 1 is 1.21 bits per heavy atom. The van der Waals surface area contributed by atoms with Gasteiger partial charge in [0.1, 0.15) is 12.2 Å². The minimum absolute atomic E-state index is 0.0997. The number of hydrogen-bond donors (Lipinski definition) is 2. The summed E-state index contributed by atoms with van der Waals surface area (Å²) in [5.41, 5.74) is 3.40. The number of nitrogens with zero attached hydrogens (tertiary/aromatic N) is 2. The molecule has 2 heterocycles. The number of aliphatic hydroxyl groups is 1. The molecular weight excluding hydrogens is 410 g/mol. The van der Waals surface area contributed by atoms with Gasteiger partial charge >= 0.3 is 0 Å². The van der Waals surface area contributed by atoms with Gasteiger partial charge in [0.15, 0.2) is 0 Å². The van der Waals surface area contributed by atoms with Crippen LogP contribution in [-0.2, 0) is 12.0 Å². The third-order valence-corrected chi connectivity index (χ3v) is 7.93. The van der Waals surface area contributed by atoms with Gasteiger partial charge in [0, 0.05) is 23.6 Å². The van der Waals surface area contributed by atoms with Crippen molar-refractivity contribution in [3.63, 3.8) is 0 Å². The number of hydroxylamine groups is 2. The topological polar surface area (TPSA) is 65.0 Å². The number of aromatic nitrogens is 2. The molecule has 1 fully saturated rings. The minimum Gasteiger partial charge on any atom is -0.634 e. The number of fused-ring (bicyclic) bond motifs is 1. The van der Waals surface area contributed by atoms with Crippen molar-refractivity contribution in [3.05, 3.63) is 64.8 Å². The Bertz CT molecular complexity index is 1000. The molecule has 2 aliphatic carbocycles. The van der Waals surface area contributed by atoms with Gasteiger partial charge < -0.3 is 19.8 Å². The number of quaternary nitrogens is 1. The van der Waals surface area contributed by atoms with E-state index in [0.717, 1.165) is 49.0 Å². The van der Waals surface area contributed by atoms with Gasteiger partial charge in [-0.3, -0.25) is 0 Å². The molecule has 1 saturated carbocycles. The fourth-order valence-corrected chi connectivity index (χ4v) is 6.18. The molecule has 2 aromatic rings. The molecule has 3 unspecified atom stereocenters. The SMILES string of the molecule is CCCC(O)(CC[NH+]([O-])Cc1ccc2nc(C)c(C3(C)C=CC=CC3)n2c1)C1CCCCC1. The number of nitrogens with one attached hydrogen (secondary N) is 1. The average Bonchev–Trinajstić information content (AvgIpc) is 3.15. The lowest BCUT2D eigenvalue weighted by Crippen LogP contribution is -3.06. The van der Waals surface area contributed by atoms with Crippen LogP contribution in [0.1, 0.15) is 88.6 Å². The van der Waals surface area contributed by atoms with E-state index in [2.05, 4.69) is 55.7 Å². The maximum absolute atomic E-state index is 13.0. The number of hydrogen-bond acceptors (Lipinski definition) is 3. The average molecular weight is 452 g/mol. The van der Waals surface area contributed by atoms with E-state index in [1.54, 1.807) is 0 Å². The summed E-state index contributed by atoms with van der Waals surface area (Å²) in [4.78, 5) is 4.78. The van der Waals surface area contributed by atoms with Crippen molar-refractivity contribution in [2.45, 2.75) is 96.1 Å². The molecule has 0 spiro atoms. The first-order valence-electron chi connectivity index (χ1n) is 12.9. The van der Waals surface area contributed by atoms with E-state index in [1.807, 2.05) is 12.1 Å². The highest BCUT2D eigenvalue weighted by molar-refractivity contribution is 5.48. The normalized spacial score (nSPS) is 24.3. The molecule has 0 amide bonds. The summed E-state index contributed by atoms with van der Waals surface area (Å²) < 4.78 is 2.18. The van der Waals surface area contributed by atoms with Gasteiger partial charge in [0.2, 0.25) is 0 Å². The van der Waals surface area contributed by atoms with E-state index in [0.29, 0.717) is 25.4 Å². The van der Waals surface area contributed by atoms with E-state index in [-0.39, 0.29) is 10.5 Å². The lowest BCUT2D eigenvalue weighted by molar-refractivity contribution is -0.863. The maximum atomic E-state index is 13.0. The van der Waals surface area contributed by atoms with Crippen LogP contribution in [0.15, 0.2) is 42.6 Å². The first-order valence-corrected chi connectivity index (χ1v) is 12.9. The van der Waals surface area contributed by atoms with Gasteiger partial charge in [-0.15, -0.1) is 0 Å². The quantitative estimate of drug-likeness (QED) is 0.538. The fraction of sp³-hybridized carbons (Fsp3) is 0.607. The molecule has 180 valence electrons. The number of rotatable bonds is 9. The van der Waals surface area contributed by atoms with Crippen molar-refractivity contribution in [1.82, 2.24) is 9.38 Å². The standard InChI is InChI=1S/C28H41N3O2/c1-4-15-28(32,24-11-7-5-8-12-24)18-19-30(33)20-23-13-14-25-29-22(2)26(31(25)21-23)27(3)16-9-6-10-17-27/h6,9-10,13-14,16,21,24,30,32H,4-5,7-8,11-12,15,17-20H2,1-3H3. The highest BCUT2D eigenvalue weighted by Gasteiger charge is 2.37. The van der Waals surface area contributed by atoms with Crippen LogP contribution in [0.3, 0.4) is 0 Å². The van der Waals surface area contributed by atoms with Gasteiger partial charge in [-0.1, -0.05) is 63.8 Å². The number of aryl methyl sites for hydroxylation is 1. The summed E-state index contributed by atoms with van der Waals surface area (Å²) in [6.07, 6.45) is 20.0. The Balaban J connectivity index is 1.47. The molecule has 5 heteroatoms. The zero-order chi connectivity index (χ0) is 23.5. The maximum Gasteiger partial charge on any atom is 0.137 e. The summed E-state index contributed by atoms with van der Waals surface area (Å²) in [6.45, 7) is 7.32. The second-order valence-electron chi connectivity index (χ2n) is 10.6. The largest absolute Gasteiger partial charge is 0.634 e. The number of imidazole rings is 1. The molecule has 2 aliphatic rings. The summed E-state index contributed by atoms with van der Waals surface area (Å²) in [5, 5.41) is 24.6. The second-order valence-corrected chi connectivity index (χ2v) is 10.6. The van der Waals surface area contributed by atoms with E-state index in [1.165, 1.54) is 25.0 Å². The van der Waals surface area contributed by atoms with Crippen LogP contribution in [-0.4, -0.2) is 26.6 Å². The minimum atomic E-state index is -0.682. The molecule has 2 aromatic heterocycles. The zero-order valence-corrected chi connectivity index (χ0v) is 20.6. The van der Waals surface area contributed by atoms with Crippen molar-refractivity contribution < 1.29 is 10.2 Å². The van der Waals surface area contributed by atoms with Gasteiger partial charge in [-0.2, -0.15) is 0 Å². The summed E-state index contributed by atoms with van der Waals surface area (Å²) in [5.74, 6) is 0.352. The van der Waals surface area contributed by atoms with Crippen LogP contribution >= 0.6 is 0 Å². The molecular formula is C28H41N3O2. The molecule has 0 aliphatic heterocycles. The highest BCUT2D eigenvalue weighted by Crippen LogP contribution is 2.37. The van der Waals surface area contributed by atoms with Crippen LogP contribution in [0.25, 0.3) is 5.65 Å². The van der Waals surface area contributed by atoms with E-state index >= 15 is 0 Å². The summed E-state index contributed by atoms with van der Waals surface area (Å²) in [7, 11) is 0. The third-order valence-electron chi connectivity index (χ3n) is 7.93. The lowest BCUT2D eigenvalue weighted by atomic mass is 9.73. The Morgan fingerprint density at radius 3 is 2.70 bits per heavy atom. The number of pyridine rings is 1. The van der Waals surface area contributed by atoms with Crippen molar-refractivity contribution in [1.29, 1.82) is 0 Å². The second kappa shape index (κ2) is 10.1. The van der Waals surface area contributed by atoms with Gasteiger partial charge in [0.05, 0.1) is 23.5 Å². The monoisotopic (exact) mass is 451 g/mol. The predicted molar refractivity (Wildman–Crippen MR) is 134 cm³/mol. The van der Waals surface area contributed by atoms with Crippen molar-refractivity contribution in [2.24, 2.45) is 5.92 Å². The van der Waals surface area contributed by atoms with E-state index in [9.17, 15) is 10.3 Å². The Labute approximate surface area is 198 Å². The van der Waals surface area contributed by atoms with Crippen molar-refractivity contribution in [3.8, 4) is 0 Å².